The van der Waals surface area contributed by atoms with Crippen LogP contribution in [0.25, 0.3) is 0 Å². The molecule has 0 unspecified atom stereocenters. The van der Waals surface area contributed by atoms with Crippen LogP contribution in [0.5, 0.6) is 0 Å². The number of aromatic nitrogens is 2. The van der Waals surface area contributed by atoms with Crippen molar-refractivity contribution >= 4 is 23.9 Å². The number of nitrogens with zero attached hydrogens (tertiary/aromatic N) is 2. The number of carboxylic acids is 4. The van der Waals surface area contributed by atoms with Gasteiger partial charge >= 0.3 is 34.1 Å². The van der Waals surface area contributed by atoms with Gasteiger partial charge in [0.1, 0.15) is 0 Å². The zero-order valence-electron chi connectivity index (χ0n) is 31.2. The number of aliphatic carboxylic acids is 4. The monoisotopic (exact) mass is 772 g/mol. The van der Waals surface area contributed by atoms with E-state index in [9.17, 15) is 39.6 Å². The van der Waals surface area contributed by atoms with Gasteiger partial charge in [0, 0.05) is 48.7 Å². The van der Waals surface area contributed by atoms with E-state index in [1.54, 1.807) is 12.4 Å². The third-order valence-corrected chi connectivity index (χ3v) is 4.32. The molecule has 10 nitrogen and oxygen atoms in total. The Morgan fingerprint density at radius 2 is 0.667 bits per heavy atom. The summed E-state index contributed by atoms with van der Waals surface area (Å²) in [6.45, 7) is 26.4. The van der Waals surface area contributed by atoms with E-state index in [2.05, 4.69) is 9.97 Å². The predicted molar refractivity (Wildman–Crippen MR) is 174 cm³/mol. The van der Waals surface area contributed by atoms with Crippen LogP contribution < -0.4 is 20.4 Å². The number of carbonyl (C=O) groups excluding carboxylic acids is 4. The molecule has 2 rings (SSSR count). The number of carbonyl (C=O) groups is 4. The predicted octanol–water partition coefficient (Wildman–Crippen LogP) is 3.47. The van der Waals surface area contributed by atoms with Crippen LogP contribution in [0, 0.1) is 35.5 Å². The molecule has 0 aliphatic rings. The first-order valence-electron chi connectivity index (χ1n) is 15.0. The minimum atomic E-state index is -0.975. The first-order valence-corrected chi connectivity index (χ1v) is 15.0. The van der Waals surface area contributed by atoms with Crippen molar-refractivity contribution in [1.29, 1.82) is 0 Å². The van der Waals surface area contributed by atoms with Crippen molar-refractivity contribution in [1.82, 2.24) is 9.97 Å². The average Bonchev–Trinajstić information content (AvgIpc) is 2.75. The van der Waals surface area contributed by atoms with Gasteiger partial charge in [0.2, 0.25) is 0 Å². The number of rotatable bonds is 4. The zero-order valence-corrected chi connectivity index (χ0v) is 33.1. The van der Waals surface area contributed by atoms with Crippen LogP contribution in [0.15, 0.2) is 49.1 Å². The quantitative estimate of drug-likeness (QED) is 0.417. The molecular formula is C36H58Cu2N2O8. The summed E-state index contributed by atoms with van der Waals surface area (Å²) in [5.41, 5.74) is 1.86. The van der Waals surface area contributed by atoms with Crippen LogP contribution >= 0.6 is 0 Å². The van der Waals surface area contributed by atoms with Crippen molar-refractivity contribution < 1.29 is 73.7 Å². The van der Waals surface area contributed by atoms with Gasteiger partial charge < -0.3 is 39.6 Å². The van der Waals surface area contributed by atoms with Crippen molar-refractivity contribution in [3.05, 3.63) is 60.2 Å². The zero-order chi connectivity index (χ0) is 37.4. The minimum absolute atomic E-state index is 0. The molecule has 2 heterocycles. The first-order chi connectivity index (χ1) is 20.5. The van der Waals surface area contributed by atoms with Crippen LogP contribution in [-0.4, -0.2) is 33.8 Å². The number of hydrogen-bond acceptors (Lipinski definition) is 10. The molecule has 0 amide bonds. The smallest absolute Gasteiger partial charge is 0.550 e. The standard InChI is InChI=1S/2C6H7N.4C6H12O2.2Cu/c2*1-6-3-2-4-7-5-6;4*1-6(2,3)4-5(7)8;;/h2*2-5H,1H3;4*4H2,1-3H3,(H,7,8);;/q;;;;;;2*+2/p-4. The fourth-order valence-electron chi connectivity index (χ4n) is 2.63. The largest absolute Gasteiger partial charge is 2.00 e. The Morgan fingerprint density at radius 3 is 0.708 bits per heavy atom. The summed E-state index contributed by atoms with van der Waals surface area (Å²) in [5.74, 6) is -3.90. The molecule has 12 heteroatoms. The van der Waals surface area contributed by atoms with E-state index in [0.717, 1.165) is 0 Å². The molecule has 0 bridgehead atoms. The molecule has 0 atom stereocenters. The second-order valence-electron chi connectivity index (χ2n) is 15.5. The summed E-state index contributed by atoms with van der Waals surface area (Å²) in [6.07, 6.45) is 7.74. The summed E-state index contributed by atoms with van der Waals surface area (Å²) in [5, 5.41) is 39.6. The van der Waals surface area contributed by atoms with Crippen molar-refractivity contribution in [3.63, 3.8) is 0 Å². The van der Waals surface area contributed by atoms with Crippen LogP contribution in [0.4, 0.5) is 0 Å². The van der Waals surface area contributed by atoms with Crippen LogP contribution in [0.1, 0.15) is 120 Å². The molecule has 282 valence electrons. The topological polar surface area (TPSA) is 186 Å². The van der Waals surface area contributed by atoms with Gasteiger partial charge in [-0.05, 0) is 84.5 Å². The van der Waals surface area contributed by atoms with E-state index in [0.29, 0.717) is 0 Å². The molecule has 0 N–H and O–H groups in total. The van der Waals surface area contributed by atoms with Crippen LogP contribution in [0.3, 0.4) is 0 Å². The van der Waals surface area contributed by atoms with Gasteiger partial charge in [0.25, 0.3) is 0 Å². The van der Waals surface area contributed by atoms with Crippen molar-refractivity contribution in [2.75, 3.05) is 0 Å². The Bertz CT molecular complexity index is 962. The van der Waals surface area contributed by atoms with E-state index in [1.165, 1.54) is 11.1 Å². The summed E-state index contributed by atoms with van der Waals surface area (Å²) < 4.78 is 0. The minimum Gasteiger partial charge on any atom is -0.550 e. The average molecular weight is 774 g/mol. The molecule has 0 fully saturated rings. The van der Waals surface area contributed by atoms with E-state index in [4.69, 9.17) is 0 Å². The summed E-state index contributed by atoms with van der Waals surface area (Å²) in [4.78, 5) is 47.4. The Hall–Kier alpha value is -2.78. The first kappa shape index (κ1) is 57.5. The molecule has 0 saturated heterocycles. The molecule has 0 aliphatic heterocycles. The molecule has 2 radical (unpaired) electrons. The number of carboxylic acid groups (broad SMARTS) is 4. The van der Waals surface area contributed by atoms with Gasteiger partial charge in [0.15, 0.2) is 0 Å². The summed E-state index contributed by atoms with van der Waals surface area (Å²) in [6, 6.07) is 7.89. The van der Waals surface area contributed by atoms with E-state index >= 15 is 0 Å². The molecule has 48 heavy (non-hydrogen) atoms. The molecule has 0 saturated carbocycles. The molecule has 2 aromatic heterocycles. The molecular weight excluding hydrogens is 715 g/mol. The third-order valence-electron chi connectivity index (χ3n) is 4.32. The van der Waals surface area contributed by atoms with Crippen molar-refractivity contribution in [3.8, 4) is 0 Å². The summed E-state index contributed by atoms with van der Waals surface area (Å²) in [7, 11) is 0. The molecule has 0 spiro atoms. The fraction of sp³-hybridized carbons (Fsp3) is 0.611. The number of aryl methyl sites for hydroxylation is 2. The molecule has 0 aliphatic carbocycles. The third kappa shape index (κ3) is 69.8. The number of pyridine rings is 2. The second kappa shape index (κ2) is 29.2. The van der Waals surface area contributed by atoms with Crippen molar-refractivity contribution in [2.45, 2.75) is 123 Å². The Morgan fingerprint density at radius 1 is 0.479 bits per heavy atom. The van der Waals surface area contributed by atoms with E-state index < -0.39 is 23.9 Å². The summed E-state index contributed by atoms with van der Waals surface area (Å²) >= 11 is 0. The Labute approximate surface area is 310 Å². The van der Waals surface area contributed by atoms with E-state index in [-0.39, 0.29) is 81.5 Å². The molecule has 2 aromatic rings. The van der Waals surface area contributed by atoms with E-state index in [1.807, 2.05) is 134 Å². The Balaban J connectivity index is -0.000000109. The van der Waals surface area contributed by atoms with Crippen LogP contribution in [-0.2, 0) is 53.3 Å². The van der Waals surface area contributed by atoms with Crippen molar-refractivity contribution in [2.24, 2.45) is 21.7 Å². The Kier molecular flexibility index (Phi) is 34.9. The maximum Gasteiger partial charge on any atom is 2.00 e. The number of hydrogen-bond donors (Lipinski definition) is 0. The van der Waals surface area contributed by atoms with Gasteiger partial charge in [-0.2, -0.15) is 0 Å². The van der Waals surface area contributed by atoms with Gasteiger partial charge in [0.05, 0.1) is 0 Å². The normalized spacial score (nSPS) is 10.1. The maximum absolute atomic E-state index is 9.90. The van der Waals surface area contributed by atoms with Gasteiger partial charge in [-0.25, -0.2) is 0 Å². The van der Waals surface area contributed by atoms with Gasteiger partial charge in [-0.3, -0.25) is 9.97 Å². The fourth-order valence-corrected chi connectivity index (χ4v) is 2.63. The van der Waals surface area contributed by atoms with Gasteiger partial charge in [-0.15, -0.1) is 0 Å². The van der Waals surface area contributed by atoms with Crippen LogP contribution in [0.2, 0.25) is 0 Å². The maximum atomic E-state index is 9.90. The molecule has 0 aromatic carbocycles. The second-order valence-corrected chi connectivity index (χ2v) is 15.5. The SMILES string of the molecule is CC(C)(C)CC(=O)[O-].CC(C)(C)CC(=O)[O-].CC(C)(C)CC(=O)[O-].CC(C)(C)CC(=O)[O-].Cc1cccnc1.Cc1cccnc1.[Cu+2].[Cu+2]. The van der Waals surface area contributed by atoms with Gasteiger partial charge in [-0.1, -0.05) is 95.2 Å².